The molecule has 2 atom stereocenters. The lowest BCUT2D eigenvalue weighted by Gasteiger charge is -2.26. The van der Waals surface area contributed by atoms with Crippen molar-refractivity contribution in [3.05, 3.63) is 56.4 Å². The van der Waals surface area contributed by atoms with Gasteiger partial charge in [-0.3, -0.25) is 4.79 Å². The molecule has 26 heavy (non-hydrogen) atoms. The number of fused-ring (bicyclic) bond motifs is 4. The zero-order valence-corrected chi connectivity index (χ0v) is 16.0. The number of anilines is 1. The fourth-order valence-corrected chi connectivity index (χ4v) is 5.87. The number of nitrogens with one attached hydrogen (secondary N) is 1. The number of aryl methyl sites for hydroxylation is 1. The van der Waals surface area contributed by atoms with Crippen molar-refractivity contribution in [3.63, 3.8) is 0 Å². The number of nitrogens with zero attached hydrogens (tertiary/aromatic N) is 2. The Hall–Kier alpha value is -2.14. The van der Waals surface area contributed by atoms with E-state index in [4.69, 9.17) is 4.98 Å². The van der Waals surface area contributed by atoms with E-state index in [2.05, 4.69) is 48.0 Å². The van der Waals surface area contributed by atoms with Crippen molar-refractivity contribution in [2.24, 2.45) is 5.92 Å². The van der Waals surface area contributed by atoms with Crippen LogP contribution in [-0.4, -0.2) is 16.5 Å². The van der Waals surface area contributed by atoms with E-state index in [9.17, 15) is 4.79 Å². The molecular weight excluding hydrogens is 342 g/mol. The van der Waals surface area contributed by atoms with Gasteiger partial charge in [0.15, 0.2) is 0 Å². The molecule has 3 aromatic rings. The molecule has 5 rings (SSSR count). The van der Waals surface area contributed by atoms with E-state index in [0.717, 1.165) is 41.8 Å². The molecule has 5 heteroatoms. The lowest BCUT2D eigenvalue weighted by atomic mass is 9.89. The van der Waals surface area contributed by atoms with Crippen molar-refractivity contribution in [1.29, 1.82) is 0 Å². The first-order chi connectivity index (χ1) is 12.6. The van der Waals surface area contributed by atoms with Gasteiger partial charge < -0.3 is 9.88 Å². The van der Waals surface area contributed by atoms with Gasteiger partial charge in [-0.05, 0) is 55.7 Å². The summed E-state index contributed by atoms with van der Waals surface area (Å²) in [7, 11) is 0. The molecule has 0 radical (unpaired) electrons. The molecule has 0 saturated carbocycles. The van der Waals surface area contributed by atoms with Gasteiger partial charge in [-0.15, -0.1) is 11.3 Å². The molecule has 0 amide bonds. The molecule has 4 nitrogen and oxygen atoms in total. The molecule has 0 saturated heterocycles. The van der Waals surface area contributed by atoms with Gasteiger partial charge >= 0.3 is 0 Å². The van der Waals surface area contributed by atoms with Crippen LogP contribution in [0.3, 0.4) is 0 Å². The van der Waals surface area contributed by atoms with Crippen molar-refractivity contribution >= 4 is 27.2 Å². The summed E-state index contributed by atoms with van der Waals surface area (Å²) in [5, 5.41) is 0.842. The van der Waals surface area contributed by atoms with Crippen LogP contribution in [0.5, 0.6) is 0 Å². The van der Waals surface area contributed by atoms with Crippen molar-refractivity contribution in [1.82, 2.24) is 9.97 Å². The molecular formula is C21H23N3OS. The highest BCUT2D eigenvalue weighted by molar-refractivity contribution is 7.18. The third-order valence-electron chi connectivity index (χ3n) is 5.97. The highest BCUT2D eigenvalue weighted by atomic mass is 32.1. The molecule has 2 aliphatic rings. The SMILES string of the molecule is C[C@@H]1CCc2c(sc3nc([C@H](C)N4CCc5ccccc54)[nH]c(=O)c23)C1. The van der Waals surface area contributed by atoms with Crippen LogP contribution in [0.15, 0.2) is 29.1 Å². The fraction of sp³-hybridized carbons (Fsp3) is 0.429. The maximum atomic E-state index is 12.9. The van der Waals surface area contributed by atoms with Gasteiger partial charge in [-0.1, -0.05) is 25.1 Å². The molecule has 0 unspecified atom stereocenters. The molecule has 0 spiro atoms. The number of aromatic nitrogens is 2. The summed E-state index contributed by atoms with van der Waals surface area (Å²) >= 11 is 1.73. The predicted molar refractivity (Wildman–Crippen MR) is 107 cm³/mol. The summed E-state index contributed by atoms with van der Waals surface area (Å²) in [6.07, 6.45) is 4.31. The molecule has 0 fully saturated rings. The van der Waals surface area contributed by atoms with Crippen molar-refractivity contribution < 1.29 is 0 Å². The summed E-state index contributed by atoms with van der Waals surface area (Å²) in [6.45, 7) is 5.41. The molecule has 3 heterocycles. The largest absolute Gasteiger partial charge is 0.361 e. The van der Waals surface area contributed by atoms with E-state index in [-0.39, 0.29) is 11.6 Å². The normalized spacial score (nSPS) is 20.2. The second kappa shape index (κ2) is 5.95. The molecule has 1 aromatic carbocycles. The standard InChI is InChI=1S/C21H23N3OS/c1-12-7-8-15-17(11-12)26-21-18(15)20(25)22-19(23-21)13(2)24-10-9-14-5-3-4-6-16(14)24/h3-6,12-13H,7-11H2,1-2H3,(H,22,23,25)/t12-,13+/m1/s1. The Morgan fingerprint density at radius 2 is 2.15 bits per heavy atom. The molecule has 2 aromatic heterocycles. The summed E-state index contributed by atoms with van der Waals surface area (Å²) < 4.78 is 0. The Morgan fingerprint density at radius 3 is 3.04 bits per heavy atom. The number of benzene rings is 1. The topological polar surface area (TPSA) is 49.0 Å². The summed E-state index contributed by atoms with van der Waals surface area (Å²) in [5.74, 6) is 1.49. The van der Waals surface area contributed by atoms with Gasteiger partial charge in [0.25, 0.3) is 5.56 Å². The van der Waals surface area contributed by atoms with Gasteiger partial charge in [-0.2, -0.15) is 0 Å². The van der Waals surface area contributed by atoms with E-state index < -0.39 is 0 Å². The minimum absolute atomic E-state index is 0.0383. The zero-order valence-electron chi connectivity index (χ0n) is 15.2. The summed E-state index contributed by atoms with van der Waals surface area (Å²) in [6, 6.07) is 8.60. The van der Waals surface area contributed by atoms with Gasteiger partial charge in [0.1, 0.15) is 10.7 Å². The number of para-hydroxylation sites is 1. The Balaban J connectivity index is 1.57. The first-order valence-corrected chi connectivity index (χ1v) is 10.3. The average Bonchev–Trinajstić information content (AvgIpc) is 3.21. The Bertz CT molecular complexity index is 1050. The van der Waals surface area contributed by atoms with Crippen molar-refractivity contribution in [2.75, 3.05) is 11.4 Å². The van der Waals surface area contributed by atoms with Crippen molar-refractivity contribution in [2.45, 2.75) is 45.6 Å². The predicted octanol–water partition coefficient (Wildman–Crippen LogP) is 4.23. The molecule has 134 valence electrons. The number of thiophene rings is 1. The highest BCUT2D eigenvalue weighted by Gasteiger charge is 2.27. The first-order valence-electron chi connectivity index (χ1n) is 9.51. The number of hydrogen-bond acceptors (Lipinski definition) is 4. The van der Waals surface area contributed by atoms with E-state index in [1.54, 1.807) is 11.3 Å². The smallest absolute Gasteiger partial charge is 0.259 e. The highest BCUT2D eigenvalue weighted by Crippen LogP contribution is 2.37. The molecule has 1 N–H and O–H groups in total. The number of H-pyrrole nitrogens is 1. The first kappa shape index (κ1) is 16.1. The van der Waals surface area contributed by atoms with Crippen LogP contribution in [0, 0.1) is 5.92 Å². The van der Waals surface area contributed by atoms with Gasteiger partial charge in [-0.25, -0.2) is 4.98 Å². The monoisotopic (exact) mass is 365 g/mol. The van der Waals surface area contributed by atoms with Crippen LogP contribution in [0.25, 0.3) is 10.2 Å². The van der Waals surface area contributed by atoms with Crippen LogP contribution in [0.4, 0.5) is 5.69 Å². The third-order valence-corrected chi connectivity index (χ3v) is 7.12. The second-order valence-electron chi connectivity index (χ2n) is 7.73. The fourth-order valence-electron chi connectivity index (χ4n) is 4.48. The Morgan fingerprint density at radius 1 is 1.31 bits per heavy atom. The Kier molecular flexibility index (Phi) is 3.67. The van der Waals surface area contributed by atoms with E-state index >= 15 is 0 Å². The van der Waals surface area contributed by atoms with Gasteiger partial charge in [0, 0.05) is 17.1 Å². The van der Waals surface area contributed by atoms with E-state index in [0.29, 0.717) is 5.92 Å². The lowest BCUT2D eigenvalue weighted by molar-refractivity contribution is 0.509. The molecule has 1 aliphatic carbocycles. The van der Waals surface area contributed by atoms with Crippen LogP contribution in [0.2, 0.25) is 0 Å². The van der Waals surface area contributed by atoms with Crippen LogP contribution in [-0.2, 0) is 19.3 Å². The maximum absolute atomic E-state index is 12.9. The van der Waals surface area contributed by atoms with E-state index in [1.807, 2.05) is 0 Å². The number of hydrogen-bond donors (Lipinski definition) is 1. The summed E-state index contributed by atoms with van der Waals surface area (Å²) in [5.41, 5.74) is 3.93. The van der Waals surface area contributed by atoms with Gasteiger partial charge in [0.05, 0.1) is 11.4 Å². The number of aromatic amines is 1. The quantitative estimate of drug-likeness (QED) is 0.739. The average molecular weight is 366 g/mol. The summed E-state index contributed by atoms with van der Waals surface area (Å²) in [4.78, 5) is 25.5. The minimum atomic E-state index is 0.0383. The van der Waals surface area contributed by atoms with Crippen LogP contribution in [0.1, 0.15) is 48.1 Å². The number of rotatable bonds is 2. The molecule has 0 bridgehead atoms. The Labute approximate surface area is 156 Å². The lowest BCUT2D eigenvalue weighted by Crippen LogP contribution is -2.28. The maximum Gasteiger partial charge on any atom is 0.259 e. The molecule has 1 aliphatic heterocycles. The van der Waals surface area contributed by atoms with Crippen molar-refractivity contribution in [3.8, 4) is 0 Å². The third kappa shape index (κ3) is 2.41. The van der Waals surface area contributed by atoms with Crippen LogP contribution >= 0.6 is 11.3 Å². The second-order valence-corrected chi connectivity index (χ2v) is 8.81. The van der Waals surface area contributed by atoms with E-state index in [1.165, 1.54) is 28.1 Å². The zero-order chi connectivity index (χ0) is 17.8. The van der Waals surface area contributed by atoms with Crippen LogP contribution < -0.4 is 10.5 Å². The van der Waals surface area contributed by atoms with Gasteiger partial charge in [0.2, 0.25) is 0 Å². The minimum Gasteiger partial charge on any atom is -0.361 e.